The maximum absolute atomic E-state index is 12.6. The molecule has 0 saturated heterocycles. The van der Waals surface area contributed by atoms with Crippen molar-refractivity contribution in [3.8, 4) is 0 Å². The van der Waals surface area contributed by atoms with Gasteiger partial charge in [-0.25, -0.2) is 9.59 Å². The van der Waals surface area contributed by atoms with Gasteiger partial charge in [-0.2, -0.15) is 0 Å². The Bertz CT molecular complexity index is 1300. The Balaban J connectivity index is 2.41. The molecule has 1 aromatic heterocycles. The molecule has 0 N–H and O–H groups in total. The van der Waals surface area contributed by atoms with Gasteiger partial charge < -0.3 is 4.42 Å². The molecular formula is C17H8O5. The zero-order chi connectivity index (χ0) is 15.6. The third-order valence-electron chi connectivity index (χ3n) is 3.94. The summed E-state index contributed by atoms with van der Waals surface area (Å²) in [7, 11) is 0. The highest BCUT2D eigenvalue weighted by atomic mass is 16.4. The fourth-order valence-corrected chi connectivity index (χ4v) is 2.84. The van der Waals surface area contributed by atoms with E-state index in [0.717, 1.165) is 5.56 Å². The minimum Gasteiger partial charge on any atom is -0.386 e. The molecule has 0 fully saturated rings. The number of rotatable bonds is 0. The lowest BCUT2D eigenvalue weighted by Gasteiger charge is -2.01. The van der Waals surface area contributed by atoms with Gasteiger partial charge >= 0.3 is 11.3 Å². The van der Waals surface area contributed by atoms with Crippen LogP contribution in [0.4, 0.5) is 0 Å². The fraction of sp³-hybridized carbons (Fsp3) is 0.0588. The van der Waals surface area contributed by atoms with E-state index in [1.54, 1.807) is 18.2 Å². The van der Waals surface area contributed by atoms with Gasteiger partial charge in [0, 0.05) is 21.5 Å². The Morgan fingerprint density at radius 3 is 1.73 bits per heavy atom. The van der Waals surface area contributed by atoms with Gasteiger partial charge in [-0.15, -0.1) is 0 Å². The lowest BCUT2D eigenvalue weighted by Crippen LogP contribution is -2.13. The second-order valence-corrected chi connectivity index (χ2v) is 5.33. The minimum absolute atomic E-state index is 0.0282. The number of benzene rings is 3. The van der Waals surface area contributed by atoms with Crippen LogP contribution in [0.2, 0.25) is 0 Å². The Morgan fingerprint density at radius 1 is 0.636 bits per heavy atom. The average molecular weight is 292 g/mol. The molecule has 1 heterocycles. The van der Waals surface area contributed by atoms with Crippen molar-refractivity contribution in [2.75, 3.05) is 0 Å². The summed E-state index contributed by atoms with van der Waals surface area (Å²) in [5.41, 5.74) is -1.39. The van der Waals surface area contributed by atoms with Crippen molar-refractivity contribution >= 4 is 32.3 Å². The highest BCUT2D eigenvalue weighted by Gasteiger charge is 2.16. The summed E-state index contributed by atoms with van der Waals surface area (Å²) in [6.07, 6.45) is 0. The predicted octanol–water partition coefficient (Wildman–Crippen LogP) is 1.36. The highest BCUT2D eigenvalue weighted by molar-refractivity contribution is 6.04. The van der Waals surface area contributed by atoms with Crippen LogP contribution in [0.25, 0.3) is 32.3 Å². The summed E-state index contributed by atoms with van der Waals surface area (Å²) in [6, 6.07) is 7.56. The summed E-state index contributed by atoms with van der Waals surface area (Å²) in [5.74, 6) is 0. The van der Waals surface area contributed by atoms with Gasteiger partial charge in [-0.3, -0.25) is 9.59 Å². The monoisotopic (exact) mass is 292 g/mol. The van der Waals surface area contributed by atoms with Crippen LogP contribution in [-0.4, -0.2) is 0 Å². The molecule has 4 aromatic rings. The molecule has 0 atom stereocenters. The Labute approximate surface area is 121 Å². The normalized spacial score (nSPS) is 11.7. The van der Waals surface area contributed by atoms with Crippen molar-refractivity contribution in [2.24, 2.45) is 0 Å². The molecular weight excluding hydrogens is 284 g/mol. The zero-order valence-electron chi connectivity index (χ0n) is 11.4. The van der Waals surface area contributed by atoms with E-state index >= 15 is 0 Å². The molecule has 0 unspecified atom stereocenters. The van der Waals surface area contributed by atoms with Crippen molar-refractivity contribution in [2.45, 2.75) is 6.92 Å². The lowest BCUT2D eigenvalue weighted by molar-refractivity contribution is 0.500. The second-order valence-electron chi connectivity index (χ2n) is 5.33. The fourth-order valence-electron chi connectivity index (χ4n) is 2.84. The van der Waals surface area contributed by atoms with Gasteiger partial charge in [0.25, 0.3) is 0 Å². The SMILES string of the molecule is Cc1ccc2c(=O)c3cc4c(=O)oc(=O)c4cc3c(=O)c2c1. The Morgan fingerprint density at radius 2 is 1.14 bits per heavy atom. The first-order valence-electron chi connectivity index (χ1n) is 6.62. The van der Waals surface area contributed by atoms with E-state index in [9.17, 15) is 19.2 Å². The Kier molecular flexibility index (Phi) is 2.29. The minimum atomic E-state index is -0.794. The molecule has 0 bridgehead atoms. The number of fused-ring (bicyclic) bond motifs is 3. The third-order valence-corrected chi connectivity index (χ3v) is 3.94. The van der Waals surface area contributed by atoms with Gasteiger partial charge in [0.2, 0.25) is 0 Å². The maximum Gasteiger partial charge on any atom is 0.346 e. The van der Waals surface area contributed by atoms with E-state index in [1.165, 1.54) is 12.1 Å². The molecule has 0 radical (unpaired) electrons. The molecule has 4 rings (SSSR count). The summed E-state index contributed by atoms with van der Waals surface area (Å²) in [4.78, 5) is 48.4. The van der Waals surface area contributed by atoms with Crippen molar-refractivity contribution in [3.63, 3.8) is 0 Å². The molecule has 0 saturated carbocycles. The quantitative estimate of drug-likeness (QED) is 0.457. The number of hydrogen-bond donors (Lipinski definition) is 0. The van der Waals surface area contributed by atoms with Crippen molar-refractivity contribution in [1.82, 2.24) is 0 Å². The number of furan rings is 1. The van der Waals surface area contributed by atoms with Gasteiger partial charge in [0.1, 0.15) is 0 Å². The van der Waals surface area contributed by atoms with Gasteiger partial charge in [-0.05, 0) is 25.1 Å². The molecule has 5 nitrogen and oxygen atoms in total. The van der Waals surface area contributed by atoms with E-state index in [2.05, 4.69) is 4.42 Å². The summed E-state index contributed by atoms with van der Waals surface area (Å²) < 4.78 is 4.52. The molecule has 0 aliphatic rings. The molecule has 0 spiro atoms. The first-order valence-corrected chi connectivity index (χ1v) is 6.62. The largest absolute Gasteiger partial charge is 0.386 e. The van der Waals surface area contributed by atoms with Crippen molar-refractivity contribution < 1.29 is 4.42 Å². The molecule has 0 amide bonds. The van der Waals surface area contributed by atoms with E-state index in [1.807, 2.05) is 6.92 Å². The van der Waals surface area contributed by atoms with E-state index in [0.29, 0.717) is 10.8 Å². The van der Waals surface area contributed by atoms with Crippen LogP contribution in [0.1, 0.15) is 5.56 Å². The van der Waals surface area contributed by atoms with Gasteiger partial charge in [0.05, 0.1) is 10.8 Å². The maximum atomic E-state index is 12.6. The molecule has 22 heavy (non-hydrogen) atoms. The molecule has 0 aliphatic heterocycles. The predicted molar refractivity (Wildman–Crippen MR) is 83.4 cm³/mol. The lowest BCUT2D eigenvalue weighted by atomic mass is 9.99. The molecule has 0 aliphatic carbocycles. The van der Waals surface area contributed by atoms with Crippen LogP contribution in [0.5, 0.6) is 0 Å². The van der Waals surface area contributed by atoms with Crippen molar-refractivity contribution in [3.05, 3.63) is 77.2 Å². The highest BCUT2D eigenvalue weighted by Crippen LogP contribution is 2.18. The molecule has 5 heteroatoms. The smallest absolute Gasteiger partial charge is 0.346 e. The first-order chi connectivity index (χ1) is 10.5. The zero-order valence-corrected chi connectivity index (χ0v) is 11.4. The topological polar surface area (TPSA) is 81.4 Å². The number of hydrogen-bond acceptors (Lipinski definition) is 5. The van der Waals surface area contributed by atoms with E-state index in [-0.39, 0.29) is 32.4 Å². The standard InChI is InChI=1S/C17H8O5/c1-7-2-3-8-9(4-7)15(19)11-6-13-12(5-10(11)14(8)18)16(20)22-17(13)21/h2-6H,1H3. The van der Waals surface area contributed by atoms with Crippen LogP contribution in [0.3, 0.4) is 0 Å². The molecule has 3 aromatic carbocycles. The van der Waals surface area contributed by atoms with Crippen LogP contribution in [-0.2, 0) is 0 Å². The van der Waals surface area contributed by atoms with E-state index in [4.69, 9.17) is 0 Å². The van der Waals surface area contributed by atoms with Crippen molar-refractivity contribution in [1.29, 1.82) is 0 Å². The van der Waals surface area contributed by atoms with Crippen LogP contribution >= 0.6 is 0 Å². The first kappa shape index (κ1) is 12.6. The Hall–Kier alpha value is -3.08. The second kappa shape index (κ2) is 3.98. The van der Waals surface area contributed by atoms with Gasteiger partial charge in [-0.1, -0.05) is 17.7 Å². The van der Waals surface area contributed by atoms with Crippen LogP contribution < -0.4 is 22.1 Å². The van der Waals surface area contributed by atoms with E-state index < -0.39 is 11.3 Å². The third kappa shape index (κ3) is 1.47. The number of aryl methyl sites for hydroxylation is 1. The van der Waals surface area contributed by atoms with Crippen LogP contribution in [0.15, 0.2) is 53.9 Å². The van der Waals surface area contributed by atoms with Gasteiger partial charge in [0.15, 0.2) is 10.9 Å². The summed E-state index contributed by atoms with van der Waals surface area (Å²) in [6.45, 7) is 1.83. The van der Waals surface area contributed by atoms with Crippen LogP contribution in [0, 0.1) is 6.92 Å². The molecule has 106 valence electrons. The summed E-state index contributed by atoms with van der Waals surface area (Å²) >= 11 is 0. The summed E-state index contributed by atoms with van der Waals surface area (Å²) in [5, 5.41) is 0.942. The average Bonchev–Trinajstić information content (AvgIpc) is 2.78.